The molecule has 4 nitrogen and oxygen atoms in total. The molecule has 0 bridgehead atoms. The molecule has 6 heteroatoms. The zero-order valence-corrected chi connectivity index (χ0v) is 10.7. The fourth-order valence-corrected chi connectivity index (χ4v) is 2.24. The second kappa shape index (κ2) is 5.25. The summed E-state index contributed by atoms with van der Waals surface area (Å²) in [6.45, 7) is 1.79. The molecule has 0 fully saturated rings. The third-order valence-corrected chi connectivity index (χ3v) is 2.94. The van der Waals surface area contributed by atoms with Crippen molar-refractivity contribution in [1.82, 2.24) is 9.97 Å². The largest absolute Gasteiger partial charge is 0.294 e. The molecule has 0 aromatic carbocycles. The molecule has 0 aliphatic heterocycles. The van der Waals surface area contributed by atoms with E-state index in [1.54, 1.807) is 24.3 Å². The first-order chi connectivity index (χ1) is 8.13. The molecule has 0 atom stereocenters. The monoisotopic (exact) mass is 267 g/mol. The number of carbonyl (C=O) groups is 1. The van der Waals surface area contributed by atoms with Crippen LogP contribution >= 0.6 is 22.9 Å². The number of aromatic nitrogens is 2. The molecule has 1 N–H and O–H groups in total. The number of nitrogens with zero attached hydrogens (tertiary/aromatic N) is 2. The van der Waals surface area contributed by atoms with E-state index in [2.05, 4.69) is 15.3 Å². The van der Waals surface area contributed by atoms with Crippen LogP contribution in [0.25, 0.3) is 0 Å². The lowest BCUT2D eigenvalue weighted by Gasteiger charge is -2.03. The fourth-order valence-electron chi connectivity index (χ4n) is 1.33. The number of carbonyl (C=O) groups excluding carboxylic acids is 1. The zero-order chi connectivity index (χ0) is 12.3. The smallest absolute Gasteiger partial charge is 0.231 e. The SMILES string of the molecule is Cc1cc(Cl)nc(NC(=O)Cc2ccsc2)n1. The number of nitrogens with one attached hydrogen (secondary N) is 1. The number of aryl methyl sites for hydroxylation is 1. The molecule has 0 aliphatic carbocycles. The van der Waals surface area contributed by atoms with E-state index in [0.717, 1.165) is 11.3 Å². The summed E-state index contributed by atoms with van der Waals surface area (Å²) in [5.74, 6) is 0.0975. The van der Waals surface area contributed by atoms with Crippen LogP contribution in [0.5, 0.6) is 0 Å². The lowest BCUT2D eigenvalue weighted by molar-refractivity contribution is -0.115. The van der Waals surface area contributed by atoms with Crippen molar-refractivity contribution < 1.29 is 4.79 Å². The van der Waals surface area contributed by atoms with Gasteiger partial charge in [-0.15, -0.1) is 0 Å². The molecule has 1 amide bonds. The summed E-state index contributed by atoms with van der Waals surface area (Å²) in [6.07, 6.45) is 0.318. The molecular formula is C11H10ClN3OS. The van der Waals surface area contributed by atoms with Gasteiger partial charge >= 0.3 is 0 Å². The van der Waals surface area contributed by atoms with Gasteiger partial charge in [-0.1, -0.05) is 11.6 Å². The van der Waals surface area contributed by atoms with Gasteiger partial charge in [0.15, 0.2) is 0 Å². The molecule has 0 saturated carbocycles. The van der Waals surface area contributed by atoms with Crippen molar-refractivity contribution in [2.75, 3.05) is 5.32 Å². The molecule has 2 aromatic heterocycles. The number of halogens is 1. The molecule has 0 aliphatic rings. The Balaban J connectivity index is 2.03. The third-order valence-electron chi connectivity index (χ3n) is 2.02. The normalized spacial score (nSPS) is 10.2. The maximum absolute atomic E-state index is 11.7. The topological polar surface area (TPSA) is 54.9 Å². The molecule has 0 spiro atoms. The maximum Gasteiger partial charge on any atom is 0.231 e. The highest BCUT2D eigenvalue weighted by Gasteiger charge is 2.07. The highest BCUT2D eigenvalue weighted by molar-refractivity contribution is 7.08. The lowest BCUT2D eigenvalue weighted by atomic mass is 10.2. The van der Waals surface area contributed by atoms with Crippen LogP contribution in [0.15, 0.2) is 22.9 Å². The minimum atomic E-state index is -0.148. The van der Waals surface area contributed by atoms with Crippen LogP contribution < -0.4 is 5.32 Å². The van der Waals surface area contributed by atoms with Crippen LogP contribution in [-0.4, -0.2) is 15.9 Å². The number of rotatable bonds is 3. The molecule has 0 radical (unpaired) electrons. The van der Waals surface area contributed by atoms with E-state index in [4.69, 9.17) is 11.6 Å². The van der Waals surface area contributed by atoms with E-state index < -0.39 is 0 Å². The van der Waals surface area contributed by atoms with Crippen molar-refractivity contribution in [2.45, 2.75) is 13.3 Å². The van der Waals surface area contributed by atoms with Crippen LogP contribution in [0.4, 0.5) is 5.95 Å². The van der Waals surface area contributed by atoms with E-state index in [9.17, 15) is 4.79 Å². The first kappa shape index (κ1) is 12.0. The van der Waals surface area contributed by atoms with Crippen LogP contribution in [0.3, 0.4) is 0 Å². The summed E-state index contributed by atoms with van der Waals surface area (Å²) in [4.78, 5) is 19.7. The van der Waals surface area contributed by atoms with Crippen molar-refractivity contribution in [1.29, 1.82) is 0 Å². The molecule has 2 aromatic rings. The molecule has 0 saturated heterocycles. The molecule has 88 valence electrons. The maximum atomic E-state index is 11.7. The van der Waals surface area contributed by atoms with Gasteiger partial charge < -0.3 is 0 Å². The Morgan fingerprint density at radius 3 is 3.00 bits per heavy atom. The number of anilines is 1. The number of hydrogen-bond donors (Lipinski definition) is 1. The van der Waals surface area contributed by atoms with Crippen molar-refractivity contribution >= 4 is 34.8 Å². The number of thiophene rings is 1. The summed E-state index contributed by atoms with van der Waals surface area (Å²) in [6, 6.07) is 3.55. The molecule has 17 heavy (non-hydrogen) atoms. The van der Waals surface area contributed by atoms with Crippen molar-refractivity contribution in [3.63, 3.8) is 0 Å². The average molecular weight is 268 g/mol. The van der Waals surface area contributed by atoms with Gasteiger partial charge in [0.2, 0.25) is 11.9 Å². The fraction of sp³-hybridized carbons (Fsp3) is 0.182. The van der Waals surface area contributed by atoms with E-state index in [-0.39, 0.29) is 11.9 Å². The predicted molar refractivity (Wildman–Crippen MR) is 68.4 cm³/mol. The van der Waals surface area contributed by atoms with E-state index >= 15 is 0 Å². The van der Waals surface area contributed by atoms with Crippen LogP contribution in [0.2, 0.25) is 5.15 Å². The average Bonchev–Trinajstić information content (AvgIpc) is 2.67. The Hall–Kier alpha value is -1.46. The Labute approximate surface area is 108 Å². The van der Waals surface area contributed by atoms with Gasteiger partial charge in [-0.05, 0) is 35.4 Å². The summed E-state index contributed by atoms with van der Waals surface area (Å²) in [5, 5.41) is 6.81. The van der Waals surface area contributed by atoms with Gasteiger partial charge in [-0.2, -0.15) is 11.3 Å². The molecule has 0 unspecified atom stereocenters. The first-order valence-corrected chi connectivity index (χ1v) is 6.27. The second-order valence-electron chi connectivity index (χ2n) is 3.51. The Morgan fingerprint density at radius 2 is 2.35 bits per heavy atom. The summed E-state index contributed by atoms with van der Waals surface area (Å²) in [5.41, 5.74) is 1.70. The van der Waals surface area contributed by atoms with E-state index in [1.807, 2.05) is 16.8 Å². The third kappa shape index (κ3) is 3.51. The van der Waals surface area contributed by atoms with E-state index in [1.165, 1.54) is 0 Å². The standard InChI is InChI=1S/C11H10ClN3OS/c1-7-4-9(12)14-11(13-7)15-10(16)5-8-2-3-17-6-8/h2-4,6H,5H2,1H3,(H,13,14,15,16). The van der Waals surface area contributed by atoms with Crippen molar-refractivity contribution in [3.8, 4) is 0 Å². The lowest BCUT2D eigenvalue weighted by Crippen LogP contribution is -2.16. The van der Waals surface area contributed by atoms with Gasteiger partial charge in [0.1, 0.15) is 5.15 Å². The van der Waals surface area contributed by atoms with E-state index in [0.29, 0.717) is 11.6 Å². The highest BCUT2D eigenvalue weighted by atomic mass is 35.5. The Bertz CT molecular complexity index is 507. The second-order valence-corrected chi connectivity index (χ2v) is 4.68. The number of hydrogen-bond acceptors (Lipinski definition) is 4. The minimum absolute atomic E-state index is 0.148. The molecular weight excluding hydrogens is 258 g/mol. The summed E-state index contributed by atoms with van der Waals surface area (Å²) >= 11 is 7.34. The van der Waals surface area contributed by atoms with Gasteiger partial charge in [-0.25, -0.2) is 9.97 Å². The summed E-state index contributed by atoms with van der Waals surface area (Å²) < 4.78 is 0. The summed E-state index contributed by atoms with van der Waals surface area (Å²) in [7, 11) is 0. The zero-order valence-electron chi connectivity index (χ0n) is 9.11. The highest BCUT2D eigenvalue weighted by Crippen LogP contribution is 2.11. The van der Waals surface area contributed by atoms with Gasteiger partial charge in [-0.3, -0.25) is 10.1 Å². The van der Waals surface area contributed by atoms with Crippen LogP contribution in [0, 0.1) is 6.92 Å². The Kier molecular flexibility index (Phi) is 3.71. The molecule has 2 heterocycles. The van der Waals surface area contributed by atoms with Crippen LogP contribution in [-0.2, 0) is 11.2 Å². The molecule has 2 rings (SSSR count). The predicted octanol–water partition coefficient (Wildman–Crippen LogP) is 2.68. The van der Waals surface area contributed by atoms with Gasteiger partial charge in [0, 0.05) is 5.69 Å². The first-order valence-electron chi connectivity index (χ1n) is 4.95. The number of amides is 1. The minimum Gasteiger partial charge on any atom is -0.294 e. The Morgan fingerprint density at radius 1 is 1.53 bits per heavy atom. The van der Waals surface area contributed by atoms with Gasteiger partial charge in [0.25, 0.3) is 0 Å². The van der Waals surface area contributed by atoms with Crippen molar-refractivity contribution in [2.24, 2.45) is 0 Å². The van der Waals surface area contributed by atoms with Crippen LogP contribution in [0.1, 0.15) is 11.3 Å². The quantitative estimate of drug-likeness (QED) is 0.870. The van der Waals surface area contributed by atoms with Gasteiger partial charge in [0.05, 0.1) is 6.42 Å². The van der Waals surface area contributed by atoms with Crippen molar-refractivity contribution in [3.05, 3.63) is 39.3 Å².